The van der Waals surface area contributed by atoms with Crippen molar-refractivity contribution in [1.29, 1.82) is 0 Å². The molecule has 0 fully saturated rings. The normalized spacial score (nSPS) is 19.8. The molecule has 0 saturated heterocycles. The molecule has 0 bridgehead atoms. The third-order valence-corrected chi connectivity index (χ3v) is 11.6. The van der Waals surface area contributed by atoms with Gasteiger partial charge in [0, 0.05) is 22.6 Å². The molecular weight excluding hydrogens is 621 g/mol. The van der Waals surface area contributed by atoms with Gasteiger partial charge in [0.15, 0.2) is 0 Å². The van der Waals surface area contributed by atoms with Crippen molar-refractivity contribution in [3.05, 3.63) is 134 Å². The largest absolute Gasteiger partial charge is 0.456 e. The second kappa shape index (κ2) is 13.4. The minimum Gasteiger partial charge on any atom is -0.412 e. The second-order valence-electron chi connectivity index (χ2n) is 13.4. The minimum atomic E-state index is -4.11. The number of rotatable bonds is 8. The molecule has 0 spiro atoms. The van der Waals surface area contributed by atoms with E-state index in [0.717, 1.165) is 82.0 Å². The van der Waals surface area contributed by atoms with Crippen molar-refractivity contribution >= 4 is 30.2 Å². The van der Waals surface area contributed by atoms with Crippen molar-refractivity contribution in [2.45, 2.75) is 92.1 Å². The molecule has 252 valence electrons. The van der Waals surface area contributed by atoms with Gasteiger partial charge in [0.2, 0.25) is 0 Å². The summed E-state index contributed by atoms with van der Waals surface area (Å²) in [6.07, 6.45) is 7.13. The minimum absolute atomic E-state index is 0.212. The lowest BCUT2D eigenvalue weighted by atomic mass is 9.75. The summed E-state index contributed by atoms with van der Waals surface area (Å²) < 4.78 is 27.9. The highest BCUT2D eigenvalue weighted by Gasteiger charge is 2.43. The van der Waals surface area contributed by atoms with E-state index in [1.165, 1.54) is 38.9 Å². The van der Waals surface area contributed by atoms with Gasteiger partial charge in [-0.15, -0.1) is 0 Å². The van der Waals surface area contributed by atoms with Crippen molar-refractivity contribution < 1.29 is 13.6 Å². The molecule has 1 heterocycles. The van der Waals surface area contributed by atoms with Crippen LogP contribution in [0, 0.1) is 0 Å². The van der Waals surface area contributed by atoms with Crippen LogP contribution in [0.5, 0.6) is 5.75 Å². The Hall–Kier alpha value is -3.95. The van der Waals surface area contributed by atoms with Crippen LogP contribution in [-0.4, -0.2) is 6.10 Å². The van der Waals surface area contributed by atoms with E-state index in [4.69, 9.17) is 14.6 Å². The van der Waals surface area contributed by atoms with E-state index in [-0.39, 0.29) is 5.92 Å². The number of fused-ring (bicyclic) bond motifs is 6. The van der Waals surface area contributed by atoms with Gasteiger partial charge >= 0.3 is 7.75 Å². The zero-order valence-electron chi connectivity index (χ0n) is 29.7. The lowest BCUT2D eigenvalue weighted by Gasteiger charge is -2.32. The number of aryl methyl sites for hydroxylation is 6. The third kappa shape index (κ3) is 5.78. The molecule has 0 amide bonds. The zero-order chi connectivity index (χ0) is 34.4. The molecule has 0 radical (unpaired) electrons. The molecule has 3 atom stereocenters. The molecule has 2 unspecified atom stereocenters. The molecule has 2 aliphatic rings. The van der Waals surface area contributed by atoms with Crippen LogP contribution in [0.25, 0.3) is 33.5 Å². The van der Waals surface area contributed by atoms with Crippen LogP contribution in [-0.2, 0) is 47.6 Å². The van der Waals surface area contributed by atoms with Crippen molar-refractivity contribution in [2.24, 2.45) is 5.50 Å². The Morgan fingerprint density at radius 3 is 1.86 bits per heavy atom. The molecule has 5 aromatic carbocycles. The Balaban J connectivity index is 1.64. The molecule has 5 aromatic rings. The summed E-state index contributed by atoms with van der Waals surface area (Å²) in [6.45, 7) is 13.3. The summed E-state index contributed by atoms with van der Waals surface area (Å²) in [7, 11) is -4.11. The SMILES string of the molecule is CCc1cc(CC)c(-c2cc3ccccc3c3c2OP(N)(=O)OC2C3=c3ccccc3=C[C@@H]2c2c(CC)cc(CC)cc2CC)c(CC)c1. The highest BCUT2D eigenvalue weighted by atomic mass is 31.2. The summed E-state index contributed by atoms with van der Waals surface area (Å²) in [5.74, 6) is 0.342. The highest BCUT2D eigenvalue weighted by Crippen LogP contribution is 2.57. The van der Waals surface area contributed by atoms with Crippen molar-refractivity contribution in [2.75, 3.05) is 0 Å². The fraction of sp³-hybridized carbons (Fsp3) is 0.318. The topological polar surface area (TPSA) is 61.5 Å². The van der Waals surface area contributed by atoms with Crippen LogP contribution in [0.3, 0.4) is 0 Å². The van der Waals surface area contributed by atoms with Crippen LogP contribution in [0.4, 0.5) is 0 Å². The van der Waals surface area contributed by atoms with Crippen molar-refractivity contribution in [3.8, 4) is 16.9 Å². The quantitative estimate of drug-likeness (QED) is 0.167. The van der Waals surface area contributed by atoms with E-state index in [1.807, 2.05) is 0 Å². The van der Waals surface area contributed by atoms with Crippen LogP contribution in [0.15, 0.2) is 78.9 Å². The molecule has 1 aliphatic carbocycles. The van der Waals surface area contributed by atoms with Gasteiger partial charge in [-0.3, -0.25) is 4.52 Å². The van der Waals surface area contributed by atoms with Gasteiger partial charge in [0.25, 0.3) is 0 Å². The van der Waals surface area contributed by atoms with E-state index >= 15 is 0 Å². The molecule has 0 saturated carbocycles. The van der Waals surface area contributed by atoms with Crippen molar-refractivity contribution in [1.82, 2.24) is 0 Å². The summed E-state index contributed by atoms with van der Waals surface area (Å²) >= 11 is 0. The summed E-state index contributed by atoms with van der Waals surface area (Å²) in [5.41, 5.74) is 19.7. The maximum atomic E-state index is 14.6. The molecule has 5 heteroatoms. The van der Waals surface area contributed by atoms with Crippen LogP contribution in [0.2, 0.25) is 0 Å². The predicted octanol–water partition coefficient (Wildman–Crippen LogP) is 9.50. The Morgan fingerprint density at radius 1 is 0.673 bits per heavy atom. The smallest absolute Gasteiger partial charge is 0.412 e. The van der Waals surface area contributed by atoms with Crippen LogP contribution >= 0.6 is 7.75 Å². The van der Waals surface area contributed by atoms with Gasteiger partial charge in [0.05, 0.1) is 0 Å². The monoisotopic (exact) mass is 669 g/mol. The first kappa shape index (κ1) is 33.5. The van der Waals surface area contributed by atoms with Gasteiger partial charge < -0.3 is 4.52 Å². The second-order valence-corrected chi connectivity index (χ2v) is 14.9. The van der Waals surface area contributed by atoms with E-state index in [9.17, 15) is 4.57 Å². The molecule has 1 aliphatic heterocycles. The lowest BCUT2D eigenvalue weighted by molar-refractivity contribution is 0.217. The van der Waals surface area contributed by atoms with Gasteiger partial charge in [-0.2, -0.15) is 0 Å². The fourth-order valence-corrected chi connectivity index (χ4v) is 9.37. The lowest BCUT2D eigenvalue weighted by Crippen LogP contribution is -2.40. The van der Waals surface area contributed by atoms with E-state index < -0.39 is 13.9 Å². The predicted molar refractivity (Wildman–Crippen MR) is 205 cm³/mol. The fourth-order valence-electron chi connectivity index (χ4n) is 8.33. The first-order valence-electron chi connectivity index (χ1n) is 18.2. The third-order valence-electron chi connectivity index (χ3n) is 10.7. The van der Waals surface area contributed by atoms with Gasteiger partial charge in [-0.1, -0.05) is 120 Å². The van der Waals surface area contributed by atoms with Crippen molar-refractivity contribution in [3.63, 3.8) is 0 Å². The number of hydrogen-bond donors (Lipinski definition) is 1. The first-order valence-corrected chi connectivity index (χ1v) is 19.8. The highest BCUT2D eigenvalue weighted by molar-refractivity contribution is 7.51. The van der Waals surface area contributed by atoms with Gasteiger partial charge in [-0.25, -0.2) is 10.1 Å². The number of nitrogens with two attached hydrogens (primary N) is 1. The average molecular weight is 670 g/mol. The summed E-state index contributed by atoms with van der Waals surface area (Å²) in [4.78, 5) is 0. The first-order chi connectivity index (χ1) is 23.7. The van der Waals surface area contributed by atoms with Gasteiger partial charge in [-0.05, 0) is 110 Å². The molecule has 0 aromatic heterocycles. The van der Waals surface area contributed by atoms with Crippen LogP contribution in [0.1, 0.15) is 92.0 Å². The Kier molecular flexibility index (Phi) is 9.17. The summed E-state index contributed by atoms with van der Waals surface area (Å²) in [5, 5.41) is 4.34. The molecular formula is C44H48NO3P. The maximum absolute atomic E-state index is 14.6. The molecule has 2 N–H and O–H groups in total. The Bertz CT molecular complexity index is 2220. The maximum Gasteiger partial charge on any atom is 0.456 e. The molecule has 7 rings (SSSR count). The average Bonchev–Trinajstić information content (AvgIpc) is 3.26. The molecule has 49 heavy (non-hydrogen) atoms. The zero-order valence-corrected chi connectivity index (χ0v) is 30.6. The van der Waals surface area contributed by atoms with E-state index in [1.54, 1.807) is 0 Å². The Morgan fingerprint density at radius 2 is 1.24 bits per heavy atom. The van der Waals surface area contributed by atoms with Gasteiger partial charge in [0.1, 0.15) is 11.9 Å². The van der Waals surface area contributed by atoms with E-state index in [2.05, 4.69) is 126 Å². The molecule has 4 nitrogen and oxygen atoms in total. The standard InChI is InChI=1S/C44H48NO3P/c1-7-27-21-29(9-3)39(30(10-4)22-27)37-25-33-17-13-15-19-35(33)41-42-36-20-16-14-18-34(36)26-38(44(42)48-49(45,46)47-43(37)41)40-31(11-5)23-28(8-2)24-32(40)12-6/h13-26,37,43H,7-12H2,1-6H3,(H2,45,46)/t37-,43?,49?/m1/s1. The summed E-state index contributed by atoms with van der Waals surface area (Å²) in [6, 6.07) is 28.6. The van der Waals surface area contributed by atoms with Crippen LogP contribution < -0.4 is 20.5 Å². The Labute approximate surface area is 291 Å². The number of benzene rings is 5. The number of hydrogen-bond acceptors (Lipinski definition) is 3. The van der Waals surface area contributed by atoms with E-state index in [0.29, 0.717) is 5.75 Å².